The smallest absolute Gasteiger partial charge is 0.405 e. The van der Waals surface area contributed by atoms with E-state index in [1.54, 1.807) is 6.92 Å². The highest BCUT2D eigenvalue weighted by Crippen LogP contribution is 2.27. The Bertz CT molecular complexity index is 910. The summed E-state index contributed by atoms with van der Waals surface area (Å²) >= 11 is 0. The van der Waals surface area contributed by atoms with Crippen molar-refractivity contribution in [3.05, 3.63) is 54.1 Å². The molecular weight excluding hydrogens is 318 g/mol. The molecule has 0 radical (unpaired) electrons. The van der Waals surface area contributed by atoms with E-state index in [0.717, 1.165) is 6.20 Å². The van der Waals surface area contributed by atoms with Crippen molar-refractivity contribution >= 4 is 17.1 Å². The number of amides is 1. The second-order valence-corrected chi connectivity index (χ2v) is 5.21. The van der Waals surface area contributed by atoms with Crippen molar-refractivity contribution in [3.63, 3.8) is 0 Å². The first kappa shape index (κ1) is 15.9. The Hall–Kier alpha value is -3.03. The lowest BCUT2D eigenvalue weighted by molar-refractivity contribution is 0.189. The summed E-state index contributed by atoms with van der Waals surface area (Å²) in [6, 6.07) is 4.62. The van der Waals surface area contributed by atoms with Crippen LogP contribution in [0.4, 0.5) is 13.6 Å². The van der Waals surface area contributed by atoms with Crippen molar-refractivity contribution in [1.29, 1.82) is 0 Å². The number of pyridine rings is 1. The third-order valence-electron chi connectivity index (χ3n) is 3.61. The van der Waals surface area contributed by atoms with Crippen LogP contribution in [-0.4, -0.2) is 25.7 Å². The van der Waals surface area contributed by atoms with Crippen LogP contribution in [0, 0.1) is 11.6 Å². The van der Waals surface area contributed by atoms with Gasteiger partial charge in [-0.05, 0) is 18.6 Å². The molecular formula is C16H14F2N4O2. The molecule has 0 fully saturated rings. The van der Waals surface area contributed by atoms with Crippen LogP contribution in [0.15, 0.2) is 36.7 Å². The summed E-state index contributed by atoms with van der Waals surface area (Å²) in [5, 5.41) is 11.4. The third kappa shape index (κ3) is 2.90. The minimum atomic E-state index is -1.20. The number of imidazole rings is 1. The van der Waals surface area contributed by atoms with Gasteiger partial charge in [-0.3, -0.25) is 9.55 Å². The number of hydrogen-bond donors (Lipinski definition) is 2. The summed E-state index contributed by atoms with van der Waals surface area (Å²) < 4.78 is 28.8. The number of hydrogen-bond acceptors (Lipinski definition) is 3. The van der Waals surface area contributed by atoms with Crippen molar-refractivity contribution < 1.29 is 18.7 Å². The molecule has 1 aromatic carbocycles. The van der Waals surface area contributed by atoms with Crippen LogP contribution in [0.2, 0.25) is 0 Å². The number of carbonyl (C=O) groups is 1. The average molecular weight is 332 g/mol. The van der Waals surface area contributed by atoms with Gasteiger partial charge in [0, 0.05) is 12.1 Å². The Labute approximate surface area is 135 Å². The normalized spacial score (nSPS) is 12.3. The largest absolute Gasteiger partial charge is 0.465 e. The molecule has 0 bridgehead atoms. The van der Waals surface area contributed by atoms with E-state index >= 15 is 0 Å². The number of carboxylic acid groups (broad SMARTS) is 1. The Balaban J connectivity index is 2.28. The molecule has 2 N–H and O–H groups in total. The predicted molar refractivity (Wildman–Crippen MR) is 83.0 cm³/mol. The summed E-state index contributed by atoms with van der Waals surface area (Å²) in [6.07, 6.45) is 1.67. The molecule has 8 heteroatoms. The first-order chi connectivity index (χ1) is 11.5. The summed E-state index contributed by atoms with van der Waals surface area (Å²) in [5.74, 6) is -0.692. The zero-order chi connectivity index (χ0) is 17.3. The first-order valence-corrected chi connectivity index (χ1v) is 7.28. The van der Waals surface area contributed by atoms with Gasteiger partial charge in [0.05, 0.1) is 35.2 Å². The van der Waals surface area contributed by atoms with Crippen LogP contribution in [0.5, 0.6) is 0 Å². The fraction of sp³-hybridized carbons (Fsp3) is 0.188. The van der Waals surface area contributed by atoms with E-state index in [0.29, 0.717) is 29.0 Å². The van der Waals surface area contributed by atoms with Gasteiger partial charge < -0.3 is 10.4 Å². The number of nitrogens with one attached hydrogen (secondary N) is 1. The van der Waals surface area contributed by atoms with Crippen molar-refractivity contribution in [2.75, 3.05) is 0 Å². The molecule has 2 aromatic heterocycles. The van der Waals surface area contributed by atoms with E-state index < -0.39 is 23.8 Å². The van der Waals surface area contributed by atoms with Crippen LogP contribution < -0.4 is 5.32 Å². The number of benzene rings is 1. The van der Waals surface area contributed by atoms with Gasteiger partial charge in [0.25, 0.3) is 0 Å². The van der Waals surface area contributed by atoms with Crippen LogP contribution >= 0.6 is 0 Å². The van der Waals surface area contributed by atoms with Gasteiger partial charge in [-0.25, -0.2) is 18.6 Å². The van der Waals surface area contributed by atoms with E-state index in [4.69, 9.17) is 5.11 Å². The quantitative estimate of drug-likeness (QED) is 0.767. The first-order valence-electron chi connectivity index (χ1n) is 7.28. The zero-order valence-corrected chi connectivity index (χ0v) is 12.7. The molecule has 0 saturated carbocycles. The van der Waals surface area contributed by atoms with Crippen LogP contribution in [-0.2, 0) is 0 Å². The number of rotatable bonds is 4. The van der Waals surface area contributed by atoms with Crippen molar-refractivity contribution in [1.82, 2.24) is 19.9 Å². The fourth-order valence-electron chi connectivity index (χ4n) is 2.59. The van der Waals surface area contributed by atoms with E-state index in [9.17, 15) is 13.6 Å². The molecule has 2 heterocycles. The Morgan fingerprint density at radius 2 is 2.08 bits per heavy atom. The predicted octanol–water partition coefficient (Wildman–Crippen LogP) is 3.42. The second kappa shape index (κ2) is 6.23. The minimum absolute atomic E-state index is 0.337. The van der Waals surface area contributed by atoms with E-state index in [1.165, 1.54) is 35.0 Å². The summed E-state index contributed by atoms with van der Waals surface area (Å²) in [6.45, 7) is 1.79. The van der Waals surface area contributed by atoms with Gasteiger partial charge in [-0.15, -0.1) is 0 Å². The monoisotopic (exact) mass is 332 g/mol. The molecule has 1 atom stereocenters. The molecule has 124 valence electrons. The molecule has 3 rings (SSSR count). The molecule has 0 aliphatic heterocycles. The number of nitrogens with zero attached hydrogens (tertiary/aromatic N) is 3. The second-order valence-electron chi connectivity index (χ2n) is 5.21. The summed E-state index contributed by atoms with van der Waals surface area (Å²) in [7, 11) is 0. The van der Waals surface area contributed by atoms with Gasteiger partial charge >= 0.3 is 6.09 Å². The van der Waals surface area contributed by atoms with Gasteiger partial charge in [-0.2, -0.15) is 0 Å². The highest BCUT2D eigenvalue weighted by molar-refractivity contribution is 5.78. The standard InChI is InChI=1S/C16H14F2N4O2/c1-2-12(21-16(23)24)15-20-13-4-3-9(17)6-14(13)22(15)11-5-10(18)7-19-8-11/h3-8,12,21H,2H2,1H3,(H,23,24)/t12-/m0/s1. The van der Waals surface area contributed by atoms with Crippen molar-refractivity contribution in [3.8, 4) is 5.69 Å². The highest BCUT2D eigenvalue weighted by atomic mass is 19.1. The van der Waals surface area contributed by atoms with Crippen LogP contribution in [0.1, 0.15) is 25.2 Å². The molecule has 0 spiro atoms. The van der Waals surface area contributed by atoms with Gasteiger partial charge in [-0.1, -0.05) is 6.92 Å². The lowest BCUT2D eigenvalue weighted by Gasteiger charge is -2.17. The Morgan fingerprint density at radius 3 is 2.75 bits per heavy atom. The zero-order valence-electron chi connectivity index (χ0n) is 12.7. The van der Waals surface area contributed by atoms with Crippen LogP contribution in [0.25, 0.3) is 16.7 Å². The number of aromatic nitrogens is 3. The molecule has 6 nitrogen and oxygen atoms in total. The van der Waals surface area contributed by atoms with E-state index in [1.807, 2.05) is 0 Å². The number of fused-ring (bicyclic) bond motifs is 1. The molecule has 0 aliphatic carbocycles. The van der Waals surface area contributed by atoms with Crippen molar-refractivity contribution in [2.24, 2.45) is 0 Å². The summed E-state index contributed by atoms with van der Waals surface area (Å²) in [4.78, 5) is 19.2. The average Bonchev–Trinajstić information content (AvgIpc) is 2.90. The van der Waals surface area contributed by atoms with Crippen molar-refractivity contribution in [2.45, 2.75) is 19.4 Å². The maximum atomic E-state index is 13.7. The Morgan fingerprint density at radius 1 is 1.29 bits per heavy atom. The molecule has 3 aromatic rings. The fourth-order valence-corrected chi connectivity index (χ4v) is 2.59. The third-order valence-corrected chi connectivity index (χ3v) is 3.61. The van der Waals surface area contributed by atoms with Gasteiger partial charge in [0.1, 0.15) is 17.5 Å². The van der Waals surface area contributed by atoms with E-state index in [2.05, 4.69) is 15.3 Å². The lowest BCUT2D eigenvalue weighted by atomic mass is 10.2. The maximum Gasteiger partial charge on any atom is 0.405 e. The van der Waals surface area contributed by atoms with Gasteiger partial charge in [0.15, 0.2) is 0 Å². The topological polar surface area (TPSA) is 80.0 Å². The molecule has 0 unspecified atom stereocenters. The molecule has 1 amide bonds. The van der Waals surface area contributed by atoms with Crippen LogP contribution in [0.3, 0.4) is 0 Å². The van der Waals surface area contributed by atoms with Gasteiger partial charge in [0.2, 0.25) is 0 Å². The van der Waals surface area contributed by atoms with E-state index in [-0.39, 0.29) is 0 Å². The maximum absolute atomic E-state index is 13.7. The lowest BCUT2D eigenvalue weighted by Crippen LogP contribution is -2.28. The SMILES string of the molecule is CC[C@H](NC(=O)O)c1nc2ccc(F)cc2n1-c1cncc(F)c1. The molecule has 0 saturated heterocycles. The highest BCUT2D eigenvalue weighted by Gasteiger charge is 2.22. The summed E-state index contributed by atoms with van der Waals surface area (Å²) in [5.41, 5.74) is 1.22. The minimum Gasteiger partial charge on any atom is -0.465 e. The number of halogens is 2. The Kier molecular flexibility index (Phi) is 4.11. The molecule has 24 heavy (non-hydrogen) atoms. The molecule has 0 aliphatic rings.